The fourth-order valence-corrected chi connectivity index (χ4v) is 8.35. The van der Waals surface area contributed by atoms with Crippen molar-refractivity contribution in [3.63, 3.8) is 0 Å². The number of halogens is 1. The molecule has 1 aromatic heterocycles. The normalized spacial score (nSPS) is 16.6. The monoisotopic (exact) mass is 695 g/mol. The van der Waals surface area contributed by atoms with Gasteiger partial charge in [0.15, 0.2) is 11.5 Å². The summed E-state index contributed by atoms with van der Waals surface area (Å²) >= 11 is 8.16. The third-order valence-corrected chi connectivity index (χ3v) is 11.1. The molecule has 0 saturated heterocycles. The molecular weight excluding hydrogens is 658 g/mol. The van der Waals surface area contributed by atoms with Gasteiger partial charge >= 0.3 is 0 Å². The zero-order valence-corrected chi connectivity index (χ0v) is 29.5. The number of rotatable bonds is 12. The van der Waals surface area contributed by atoms with Gasteiger partial charge in [-0.25, -0.2) is 13.1 Å². The minimum Gasteiger partial charge on any atom is -0.493 e. The Balaban J connectivity index is 1.66. The predicted molar refractivity (Wildman–Crippen MR) is 190 cm³/mol. The van der Waals surface area contributed by atoms with Crippen molar-refractivity contribution >= 4 is 61.8 Å². The molecule has 2 unspecified atom stereocenters. The average molecular weight is 696 g/mol. The van der Waals surface area contributed by atoms with Gasteiger partial charge in [0, 0.05) is 44.0 Å². The molecule has 1 amide bonds. The molecule has 1 N–H and O–H groups in total. The molecule has 0 radical (unpaired) electrons. The Labute approximate surface area is 285 Å². The van der Waals surface area contributed by atoms with E-state index >= 15 is 0 Å². The molecule has 5 rings (SSSR count). The number of anilines is 2. The van der Waals surface area contributed by atoms with E-state index in [1.165, 1.54) is 44.4 Å². The lowest BCUT2D eigenvalue weighted by atomic mass is 9.84. The van der Waals surface area contributed by atoms with E-state index in [1.54, 1.807) is 29.3 Å². The molecule has 0 spiro atoms. The number of nitrogens with one attached hydrogen (secondary N) is 1. The van der Waals surface area contributed by atoms with Crippen molar-refractivity contribution < 1.29 is 22.7 Å². The highest BCUT2D eigenvalue weighted by Gasteiger charge is 2.43. The van der Waals surface area contributed by atoms with Crippen LogP contribution in [0.25, 0.3) is 10.9 Å². The summed E-state index contributed by atoms with van der Waals surface area (Å²) in [6.07, 6.45) is 3.76. The number of hydrogen-bond donors (Lipinski definition) is 1. The molecule has 248 valence electrons. The van der Waals surface area contributed by atoms with E-state index in [1.807, 2.05) is 74.7 Å². The maximum absolute atomic E-state index is 14.7. The van der Waals surface area contributed by atoms with Crippen molar-refractivity contribution in [2.75, 3.05) is 50.6 Å². The van der Waals surface area contributed by atoms with Gasteiger partial charge in [0.25, 0.3) is 10.0 Å². The Kier molecular flexibility index (Phi) is 10.3. The molecule has 1 aliphatic rings. The molecule has 0 fully saturated rings. The number of ether oxygens (including phenoxy) is 2. The summed E-state index contributed by atoms with van der Waals surface area (Å²) in [5.74, 6) is 0.189. The average Bonchev–Trinajstić information content (AvgIpc) is 3.52. The summed E-state index contributed by atoms with van der Waals surface area (Å²) in [4.78, 5) is 22.7. The van der Waals surface area contributed by atoms with Crippen molar-refractivity contribution in [2.24, 2.45) is 0 Å². The minimum absolute atomic E-state index is 0.0854. The lowest BCUT2D eigenvalue weighted by Gasteiger charge is -2.42. The summed E-state index contributed by atoms with van der Waals surface area (Å²) < 4.78 is 44.4. The van der Waals surface area contributed by atoms with E-state index in [0.717, 1.165) is 20.8 Å². The molecule has 2 atom stereocenters. The van der Waals surface area contributed by atoms with Crippen LogP contribution in [0.2, 0.25) is 5.02 Å². The lowest BCUT2D eigenvalue weighted by molar-refractivity contribution is -0.133. The highest BCUT2D eigenvalue weighted by atomic mass is 35.5. The molecule has 0 bridgehead atoms. The Morgan fingerprint density at radius 3 is 2.47 bits per heavy atom. The van der Waals surface area contributed by atoms with Crippen molar-refractivity contribution in [1.82, 2.24) is 14.6 Å². The Morgan fingerprint density at radius 1 is 1.04 bits per heavy atom. The Morgan fingerprint density at radius 2 is 1.81 bits per heavy atom. The number of pyridine rings is 1. The van der Waals surface area contributed by atoms with Crippen LogP contribution in [0, 0.1) is 0 Å². The van der Waals surface area contributed by atoms with Crippen LogP contribution in [0.1, 0.15) is 25.5 Å². The van der Waals surface area contributed by atoms with Crippen LogP contribution >= 0.6 is 23.5 Å². The predicted octanol–water partition coefficient (Wildman–Crippen LogP) is 6.28. The van der Waals surface area contributed by atoms with E-state index in [0.29, 0.717) is 18.0 Å². The summed E-state index contributed by atoms with van der Waals surface area (Å²) in [7, 11) is 2.22. The number of likely N-dealkylation sites (N-methyl/N-ethyl adjacent to an activating group) is 1. The largest absolute Gasteiger partial charge is 0.493 e. The fraction of sp³-hybridized carbons (Fsp3) is 0.294. The first kappa shape index (κ1) is 34.4. The first-order valence-electron chi connectivity index (χ1n) is 14.9. The molecule has 10 nitrogen and oxygen atoms in total. The number of benzene rings is 3. The Bertz CT molecular complexity index is 1920. The highest BCUT2D eigenvalue weighted by molar-refractivity contribution is 8.00. The summed E-state index contributed by atoms with van der Waals surface area (Å²) in [6.45, 7) is 3.68. The molecule has 1 aliphatic heterocycles. The molecule has 4 aromatic rings. The smallest absolute Gasteiger partial charge is 0.264 e. The van der Waals surface area contributed by atoms with E-state index in [-0.39, 0.29) is 21.4 Å². The van der Waals surface area contributed by atoms with E-state index in [2.05, 4.69) is 9.71 Å². The van der Waals surface area contributed by atoms with E-state index in [9.17, 15) is 13.2 Å². The number of hydrogen-bond acceptors (Lipinski definition) is 9. The summed E-state index contributed by atoms with van der Waals surface area (Å²) in [5, 5.41) is 3.03. The van der Waals surface area contributed by atoms with Gasteiger partial charge in [0.05, 0.1) is 46.9 Å². The quantitative estimate of drug-likeness (QED) is 0.172. The zero-order chi connectivity index (χ0) is 33.9. The molecule has 47 heavy (non-hydrogen) atoms. The van der Waals surface area contributed by atoms with Crippen LogP contribution in [-0.2, 0) is 14.8 Å². The molecular formula is C34H38ClN5O5S2. The van der Waals surface area contributed by atoms with Gasteiger partial charge in [0.1, 0.15) is 6.54 Å². The molecule has 0 saturated carbocycles. The second-order valence-corrected chi connectivity index (χ2v) is 14.3. The van der Waals surface area contributed by atoms with Crippen LogP contribution in [0.15, 0.2) is 89.3 Å². The number of carbonyl (C=O) groups excluding carboxylic acids is 1. The van der Waals surface area contributed by atoms with Crippen LogP contribution in [0.4, 0.5) is 11.4 Å². The van der Waals surface area contributed by atoms with Crippen LogP contribution in [0.3, 0.4) is 0 Å². The van der Waals surface area contributed by atoms with Gasteiger partial charge in [-0.05, 0) is 67.3 Å². The summed E-state index contributed by atoms with van der Waals surface area (Å²) in [6, 6.07) is 18.6. The zero-order valence-electron chi connectivity index (χ0n) is 27.1. The second kappa shape index (κ2) is 14.0. The maximum Gasteiger partial charge on any atom is 0.264 e. The third-order valence-electron chi connectivity index (χ3n) is 8.21. The Hall–Kier alpha value is -3.97. The van der Waals surface area contributed by atoms with Crippen molar-refractivity contribution in [1.29, 1.82) is 0 Å². The lowest BCUT2D eigenvalue weighted by Crippen LogP contribution is -2.53. The second-order valence-electron chi connectivity index (χ2n) is 11.4. The van der Waals surface area contributed by atoms with Crippen molar-refractivity contribution in [3.05, 3.63) is 95.0 Å². The third kappa shape index (κ3) is 6.73. The van der Waals surface area contributed by atoms with Crippen molar-refractivity contribution in [3.8, 4) is 11.5 Å². The fourth-order valence-electron chi connectivity index (χ4n) is 5.79. The van der Waals surface area contributed by atoms with Gasteiger partial charge in [-0.15, -0.1) is 0 Å². The molecule has 3 aromatic carbocycles. The van der Waals surface area contributed by atoms with Crippen molar-refractivity contribution in [2.45, 2.75) is 30.3 Å². The van der Waals surface area contributed by atoms with Gasteiger partial charge in [0.2, 0.25) is 5.91 Å². The number of methoxy groups -OCH3 is 2. The van der Waals surface area contributed by atoms with Crippen LogP contribution in [-0.4, -0.2) is 71.2 Å². The molecule has 13 heteroatoms. The van der Waals surface area contributed by atoms with Crippen LogP contribution in [0.5, 0.6) is 11.5 Å². The van der Waals surface area contributed by atoms with Gasteiger partial charge in [-0.1, -0.05) is 47.8 Å². The summed E-state index contributed by atoms with van der Waals surface area (Å²) in [5.41, 5.74) is 1.87. The van der Waals surface area contributed by atoms with Gasteiger partial charge in [-0.3, -0.25) is 14.1 Å². The molecule has 0 aliphatic carbocycles. The molecule has 2 heterocycles. The SMILES string of the molecule is CCN(C(=O)CN(c1cc(N(C)C)ccc1Cl)S(=O)(=O)c1ccc(OC)c(OC)c1)C(c1cccc2ncccc12)C1(C)C=CSN1. The number of fused-ring (bicyclic) bond motifs is 1. The standard InChI is InChI=1S/C34H38ClN5O5S2/c1-7-39(33(34(2)17-19-46-37-34)26-10-8-12-28-25(26)11-9-18-36-28)32(41)22-40(29-20-23(38(3)4)13-15-27(29)35)47(42,43)24-14-16-30(44-5)31(21-24)45-6/h8-21,33,37H,7,22H2,1-6H3. The first-order chi connectivity index (χ1) is 22.4. The number of amides is 1. The number of aromatic nitrogens is 1. The van der Waals surface area contributed by atoms with Gasteiger partial charge < -0.3 is 19.3 Å². The topological polar surface area (TPSA) is 104 Å². The number of sulfonamides is 1. The number of nitrogens with zero attached hydrogens (tertiary/aromatic N) is 4. The first-order valence-corrected chi connectivity index (χ1v) is 17.6. The van der Waals surface area contributed by atoms with E-state index in [4.69, 9.17) is 21.1 Å². The number of carbonyl (C=O) groups is 1. The van der Waals surface area contributed by atoms with Crippen LogP contribution < -0.4 is 23.4 Å². The highest BCUT2D eigenvalue weighted by Crippen LogP contribution is 2.42. The van der Waals surface area contributed by atoms with Gasteiger partial charge in [-0.2, -0.15) is 0 Å². The maximum atomic E-state index is 14.7. The van der Waals surface area contributed by atoms with E-state index < -0.39 is 34.1 Å². The minimum atomic E-state index is -4.37.